The number of carboxylic acids is 1. The van der Waals surface area contributed by atoms with Gasteiger partial charge in [0.15, 0.2) is 0 Å². The Morgan fingerprint density at radius 1 is 1.17 bits per heavy atom. The number of benzene rings is 2. The van der Waals surface area contributed by atoms with Crippen molar-refractivity contribution in [2.75, 3.05) is 6.54 Å². The second-order valence-corrected chi connectivity index (χ2v) is 9.11. The molecule has 1 aliphatic heterocycles. The fraction of sp³-hybridized carbons (Fsp3) is 0.435. The van der Waals surface area contributed by atoms with E-state index in [2.05, 4.69) is 11.8 Å². The Morgan fingerprint density at radius 2 is 1.87 bits per heavy atom. The molecule has 2 aromatic rings. The van der Waals surface area contributed by atoms with Crippen LogP contribution in [0.25, 0.3) is 0 Å². The maximum absolute atomic E-state index is 14.4. The Morgan fingerprint density at radius 3 is 2.50 bits per heavy atom. The molecule has 4 rings (SSSR count). The van der Waals surface area contributed by atoms with Crippen LogP contribution in [0.3, 0.4) is 0 Å². The molecule has 1 heterocycles. The Balaban J connectivity index is 1.53. The van der Waals surface area contributed by atoms with Gasteiger partial charge in [0.1, 0.15) is 17.7 Å². The van der Waals surface area contributed by atoms with Crippen LogP contribution in [0.2, 0.25) is 10.0 Å². The molecule has 1 N–H and O–H groups in total. The maximum atomic E-state index is 14.4. The molecule has 2 fully saturated rings. The van der Waals surface area contributed by atoms with Gasteiger partial charge in [-0.15, -0.1) is 0 Å². The number of likely N-dealkylation sites (tertiary alicyclic amines) is 1. The van der Waals surface area contributed by atoms with Crippen LogP contribution in [0, 0.1) is 5.82 Å². The number of carboxylic acid groups (broad SMARTS) is 1. The van der Waals surface area contributed by atoms with Gasteiger partial charge in [-0.1, -0.05) is 23.2 Å². The van der Waals surface area contributed by atoms with Crippen molar-refractivity contribution >= 4 is 29.2 Å². The Labute approximate surface area is 185 Å². The van der Waals surface area contributed by atoms with Crippen LogP contribution >= 0.6 is 23.2 Å². The zero-order valence-electron chi connectivity index (χ0n) is 16.7. The summed E-state index contributed by atoms with van der Waals surface area (Å²) in [7, 11) is 0. The van der Waals surface area contributed by atoms with Gasteiger partial charge in [-0.25, -0.2) is 9.18 Å². The monoisotopic (exact) mass is 451 g/mol. The largest absolute Gasteiger partial charge is 0.488 e. The molecule has 1 saturated heterocycles. The van der Waals surface area contributed by atoms with E-state index in [4.69, 9.17) is 27.9 Å². The number of nitrogens with zero attached hydrogens (tertiary/aromatic N) is 1. The van der Waals surface area contributed by atoms with E-state index in [1.54, 1.807) is 6.07 Å². The molecule has 2 atom stereocenters. The van der Waals surface area contributed by atoms with Crippen LogP contribution in [-0.2, 0) is 6.54 Å². The number of halogens is 3. The minimum atomic E-state index is -1.25. The van der Waals surface area contributed by atoms with Gasteiger partial charge in [-0.3, -0.25) is 4.90 Å². The van der Waals surface area contributed by atoms with Crippen LogP contribution in [0.15, 0.2) is 30.3 Å². The average molecular weight is 452 g/mol. The summed E-state index contributed by atoms with van der Waals surface area (Å²) < 4.78 is 20.7. The lowest BCUT2D eigenvalue weighted by molar-refractivity contribution is 0.0307. The lowest BCUT2D eigenvalue weighted by atomic mass is 9.98. The van der Waals surface area contributed by atoms with Crippen LogP contribution in [0.4, 0.5) is 4.39 Å². The summed E-state index contributed by atoms with van der Waals surface area (Å²) in [5, 5.41) is 10.5. The van der Waals surface area contributed by atoms with Crippen molar-refractivity contribution in [2.24, 2.45) is 0 Å². The van der Waals surface area contributed by atoms with Gasteiger partial charge in [-0.2, -0.15) is 0 Å². The molecule has 0 aromatic heterocycles. The zero-order chi connectivity index (χ0) is 21.4. The van der Waals surface area contributed by atoms with E-state index >= 15 is 0 Å². The van der Waals surface area contributed by atoms with Crippen LogP contribution in [0.1, 0.15) is 60.0 Å². The van der Waals surface area contributed by atoms with Gasteiger partial charge >= 0.3 is 5.97 Å². The van der Waals surface area contributed by atoms with Crippen LogP contribution in [0.5, 0.6) is 5.75 Å². The standard InChI is InChI=1S/C23H24Cl2FNO3/c1-13-21(3-2-6-27(13)12-14-7-16(24)9-17(25)8-14)30-22-11-20(26)19(23(28)29)10-18(22)15-4-5-15/h7-11,13,15,21H,2-6,12H2,1H3,(H,28,29)/t13-,21-/m1/s1. The maximum Gasteiger partial charge on any atom is 0.338 e. The summed E-state index contributed by atoms with van der Waals surface area (Å²) in [5.74, 6) is -1.28. The minimum Gasteiger partial charge on any atom is -0.488 e. The summed E-state index contributed by atoms with van der Waals surface area (Å²) in [6.07, 6.45) is 3.66. The van der Waals surface area contributed by atoms with Crippen molar-refractivity contribution in [1.82, 2.24) is 4.90 Å². The van der Waals surface area contributed by atoms with E-state index in [0.717, 1.165) is 43.4 Å². The molecule has 0 radical (unpaired) electrons. The smallest absolute Gasteiger partial charge is 0.338 e. The summed E-state index contributed by atoms with van der Waals surface area (Å²) in [6.45, 7) is 3.73. The Bertz CT molecular complexity index is 943. The van der Waals surface area contributed by atoms with E-state index < -0.39 is 11.8 Å². The highest BCUT2D eigenvalue weighted by Gasteiger charge is 2.33. The highest BCUT2D eigenvalue weighted by molar-refractivity contribution is 6.34. The van der Waals surface area contributed by atoms with Gasteiger partial charge in [0.25, 0.3) is 0 Å². The van der Waals surface area contributed by atoms with Gasteiger partial charge in [0.2, 0.25) is 0 Å². The van der Waals surface area contributed by atoms with E-state index in [0.29, 0.717) is 22.3 Å². The van der Waals surface area contributed by atoms with Crippen molar-refractivity contribution in [3.63, 3.8) is 0 Å². The number of hydrogen-bond donors (Lipinski definition) is 1. The van der Waals surface area contributed by atoms with Crippen molar-refractivity contribution in [1.29, 1.82) is 0 Å². The third-order valence-electron chi connectivity index (χ3n) is 5.98. The topological polar surface area (TPSA) is 49.8 Å². The molecule has 0 spiro atoms. The molecule has 30 heavy (non-hydrogen) atoms. The fourth-order valence-electron chi connectivity index (χ4n) is 4.21. The number of aromatic carboxylic acids is 1. The number of ether oxygens (including phenoxy) is 1. The van der Waals surface area contributed by atoms with E-state index in [1.807, 2.05) is 12.1 Å². The van der Waals surface area contributed by atoms with E-state index in [9.17, 15) is 14.3 Å². The molecule has 0 amide bonds. The first-order valence-electron chi connectivity index (χ1n) is 10.2. The van der Waals surface area contributed by atoms with Crippen molar-refractivity contribution < 1.29 is 19.0 Å². The predicted octanol–water partition coefficient (Wildman–Crippen LogP) is 6.14. The molecule has 2 aliphatic rings. The lowest BCUT2D eigenvalue weighted by Crippen LogP contribution is -2.48. The van der Waals surface area contributed by atoms with Crippen molar-refractivity contribution in [3.05, 3.63) is 62.9 Å². The SMILES string of the molecule is C[C@@H]1[C@H](Oc2cc(F)c(C(=O)O)cc2C2CC2)CCCN1Cc1cc(Cl)cc(Cl)c1. The lowest BCUT2D eigenvalue weighted by Gasteiger charge is -2.39. The molecular formula is C23H24Cl2FNO3. The first-order chi connectivity index (χ1) is 14.3. The Hall–Kier alpha value is -1.82. The Kier molecular flexibility index (Phi) is 6.24. The second kappa shape index (κ2) is 8.74. The first-order valence-corrected chi connectivity index (χ1v) is 11.0. The van der Waals surface area contributed by atoms with Gasteiger partial charge in [-0.05, 0) is 80.5 Å². The normalized spacial score (nSPS) is 22.1. The van der Waals surface area contributed by atoms with Crippen molar-refractivity contribution in [3.8, 4) is 5.75 Å². The number of hydrogen-bond acceptors (Lipinski definition) is 3. The molecule has 4 nitrogen and oxygen atoms in total. The van der Waals surface area contributed by atoms with Crippen LogP contribution < -0.4 is 4.74 Å². The molecule has 2 aromatic carbocycles. The number of piperidine rings is 1. The van der Waals surface area contributed by atoms with Gasteiger partial charge < -0.3 is 9.84 Å². The molecule has 1 aliphatic carbocycles. The third kappa shape index (κ3) is 4.74. The molecular weight excluding hydrogens is 428 g/mol. The molecule has 0 bridgehead atoms. The van der Waals surface area contributed by atoms with Crippen LogP contribution in [-0.4, -0.2) is 34.7 Å². The minimum absolute atomic E-state index is 0.103. The molecule has 7 heteroatoms. The summed E-state index contributed by atoms with van der Waals surface area (Å²) >= 11 is 12.3. The first kappa shape index (κ1) is 21.4. The zero-order valence-corrected chi connectivity index (χ0v) is 18.2. The summed E-state index contributed by atoms with van der Waals surface area (Å²) in [4.78, 5) is 13.6. The summed E-state index contributed by atoms with van der Waals surface area (Å²) in [6, 6.07) is 8.34. The fourth-order valence-corrected chi connectivity index (χ4v) is 4.78. The highest BCUT2D eigenvalue weighted by Crippen LogP contribution is 2.45. The quantitative estimate of drug-likeness (QED) is 0.572. The molecule has 160 valence electrons. The number of rotatable bonds is 6. The molecule has 1 saturated carbocycles. The van der Waals surface area contributed by atoms with Crippen molar-refractivity contribution in [2.45, 2.75) is 57.2 Å². The third-order valence-corrected chi connectivity index (χ3v) is 6.42. The second-order valence-electron chi connectivity index (χ2n) is 8.24. The summed E-state index contributed by atoms with van der Waals surface area (Å²) in [5.41, 5.74) is 1.55. The van der Waals surface area contributed by atoms with Gasteiger partial charge in [0, 0.05) is 28.7 Å². The highest BCUT2D eigenvalue weighted by atomic mass is 35.5. The predicted molar refractivity (Wildman–Crippen MR) is 115 cm³/mol. The molecule has 0 unspecified atom stereocenters. The van der Waals surface area contributed by atoms with E-state index in [-0.39, 0.29) is 23.6 Å². The van der Waals surface area contributed by atoms with E-state index in [1.165, 1.54) is 12.1 Å². The van der Waals surface area contributed by atoms with Gasteiger partial charge in [0.05, 0.1) is 5.56 Å². The number of carbonyl (C=O) groups is 1. The average Bonchev–Trinajstić information content (AvgIpc) is 3.49.